The first-order chi connectivity index (χ1) is 6.83. The molecule has 2 heterocycles. The Labute approximate surface area is 81.4 Å². The number of anilines is 1. The fourth-order valence-electron chi connectivity index (χ4n) is 1.38. The molecule has 0 spiro atoms. The number of nitrogens with two attached hydrogens (primary N) is 1. The van der Waals surface area contributed by atoms with Crippen LogP contribution in [-0.4, -0.2) is 20.2 Å². The molecule has 0 radical (unpaired) electrons. The van der Waals surface area contributed by atoms with Gasteiger partial charge in [0.25, 0.3) is 0 Å². The van der Waals surface area contributed by atoms with Crippen LogP contribution in [0.2, 0.25) is 0 Å². The monoisotopic (exact) mass is 189 g/mol. The molecule has 3 N–H and O–H groups in total. The second-order valence-electron chi connectivity index (χ2n) is 2.91. The maximum absolute atomic E-state index is 5.70. The van der Waals surface area contributed by atoms with E-state index in [0.717, 1.165) is 23.4 Å². The molecule has 14 heavy (non-hydrogen) atoms. The second-order valence-corrected chi connectivity index (χ2v) is 2.91. The molecule has 2 rings (SSSR count). The number of H-pyrrole nitrogens is 1. The summed E-state index contributed by atoms with van der Waals surface area (Å²) in [5.74, 6) is 0.535. The van der Waals surface area contributed by atoms with Gasteiger partial charge in [0.05, 0.1) is 11.9 Å². The third-order valence-electron chi connectivity index (χ3n) is 2.07. The van der Waals surface area contributed by atoms with Gasteiger partial charge in [-0.3, -0.25) is 15.1 Å². The van der Waals surface area contributed by atoms with Gasteiger partial charge in [-0.2, -0.15) is 5.10 Å². The summed E-state index contributed by atoms with van der Waals surface area (Å²) in [5, 5.41) is 6.81. The van der Waals surface area contributed by atoms with Crippen molar-refractivity contribution in [3.8, 4) is 11.4 Å². The van der Waals surface area contributed by atoms with Gasteiger partial charge in [0.1, 0.15) is 11.5 Å². The maximum Gasteiger partial charge on any atom is 0.149 e. The van der Waals surface area contributed by atoms with E-state index in [4.69, 9.17) is 5.73 Å². The standard InChI is InChI=1S/C9H11N5/c1-2-6-8(13-14-9(6)10)7-5-11-3-4-12-7/h3-5H,2H2,1H3,(H3,10,13,14). The van der Waals surface area contributed by atoms with Gasteiger partial charge in [0.15, 0.2) is 0 Å². The van der Waals surface area contributed by atoms with Crippen molar-refractivity contribution in [3.63, 3.8) is 0 Å². The normalized spacial score (nSPS) is 10.4. The first-order valence-corrected chi connectivity index (χ1v) is 4.42. The lowest BCUT2D eigenvalue weighted by atomic mass is 10.1. The van der Waals surface area contributed by atoms with Gasteiger partial charge < -0.3 is 5.73 Å². The van der Waals surface area contributed by atoms with Gasteiger partial charge in [-0.25, -0.2) is 0 Å². The molecule has 0 atom stereocenters. The molecule has 2 aromatic rings. The van der Waals surface area contributed by atoms with E-state index >= 15 is 0 Å². The zero-order valence-corrected chi connectivity index (χ0v) is 7.86. The molecule has 0 aliphatic carbocycles. The van der Waals surface area contributed by atoms with Crippen LogP contribution in [0.1, 0.15) is 12.5 Å². The zero-order chi connectivity index (χ0) is 9.97. The van der Waals surface area contributed by atoms with Crippen LogP contribution in [-0.2, 0) is 6.42 Å². The highest BCUT2D eigenvalue weighted by Crippen LogP contribution is 2.22. The number of aromatic amines is 1. The molecule has 72 valence electrons. The average molecular weight is 189 g/mol. The minimum absolute atomic E-state index is 0.535. The van der Waals surface area contributed by atoms with Crippen LogP contribution >= 0.6 is 0 Å². The molecule has 0 bridgehead atoms. The van der Waals surface area contributed by atoms with Crippen molar-refractivity contribution < 1.29 is 0 Å². The predicted octanol–water partition coefficient (Wildman–Crippen LogP) is 1.01. The van der Waals surface area contributed by atoms with Gasteiger partial charge in [0.2, 0.25) is 0 Å². The van der Waals surface area contributed by atoms with Gasteiger partial charge in [-0.05, 0) is 6.42 Å². The molecular formula is C9H11N5. The van der Waals surface area contributed by atoms with Crippen LogP contribution in [0.25, 0.3) is 11.4 Å². The summed E-state index contributed by atoms with van der Waals surface area (Å²) < 4.78 is 0. The Morgan fingerprint density at radius 1 is 1.43 bits per heavy atom. The Kier molecular flexibility index (Phi) is 2.14. The van der Waals surface area contributed by atoms with E-state index in [1.165, 1.54) is 0 Å². The highest BCUT2D eigenvalue weighted by atomic mass is 15.2. The molecule has 5 heteroatoms. The molecule has 0 amide bonds. The summed E-state index contributed by atoms with van der Waals surface area (Å²) in [4.78, 5) is 8.18. The second kappa shape index (κ2) is 3.45. The molecule has 0 fully saturated rings. The summed E-state index contributed by atoms with van der Waals surface area (Å²) in [7, 11) is 0. The van der Waals surface area contributed by atoms with Gasteiger partial charge in [0, 0.05) is 18.0 Å². The molecule has 0 aromatic carbocycles. The van der Waals surface area contributed by atoms with E-state index in [2.05, 4.69) is 20.2 Å². The lowest BCUT2D eigenvalue weighted by Gasteiger charge is -1.98. The van der Waals surface area contributed by atoms with Crippen LogP contribution in [0.3, 0.4) is 0 Å². The van der Waals surface area contributed by atoms with Crippen LogP contribution < -0.4 is 5.73 Å². The Hall–Kier alpha value is -1.91. The van der Waals surface area contributed by atoms with Crippen LogP contribution in [0.5, 0.6) is 0 Å². The SMILES string of the molecule is CCc1c(N)n[nH]c1-c1cnccn1. The van der Waals surface area contributed by atoms with E-state index in [9.17, 15) is 0 Å². The molecule has 0 aliphatic rings. The molecular weight excluding hydrogens is 178 g/mol. The van der Waals surface area contributed by atoms with Crippen LogP contribution in [0.15, 0.2) is 18.6 Å². The van der Waals surface area contributed by atoms with E-state index in [1.807, 2.05) is 6.92 Å². The molecule has 2 aromatic heterocycles. The van der Waals surface area contributed by atoms with Gasteiger partial charge in [-0.1, -0.05) is 6.92 Å². The summed E-state index contributed by atoms with van der Waals surface area (Å²) >= 11 is 0. The smallest absolute Gasteiger partial charge is 0.149 e. The number of nitrogens with zero attached hydrogens (tertiary/aromatic N) is 3. The van der Waals surface area contributed by atoms with Crippen molar-refractivity contribution in [1.82, 2.24) is 20.2 Å². The molecule has 0 saturated carbocycles. The minimum atomic E-state index is 0.535. The van der Waals surface area contributed by atoms with Crippen molar-refractivity contribution in [2.45, 2.75) is 13.3 Å². The lowest BCUT2D eigenvalue weighted by Crippen LogP contribution is -1.92. The maximum atomic E-state index is 5.70. The third-order valence-corrected chi connectivity index (χ3v) is 2.07. The number of aromatic nitrogens is 4. The number of rotatable bonds is 2. The highest BCUT2D eigenvalue weighted by molar-refractivity contribution is 5.63. The fraction of sp³-hybridized carbons (Fsp3) is 0.222. The van der Waals surface area contributed by atoms with Crippen molar-refractivity contribution in [1.29, 1.82) is 0 Å². The predicted molar refractivity (Wildman–Crippen MR) is 53.4 cm³/mol. The van der Waals surface area contributed by atoms with Crippen molar-refractivity contribution in [2.24, 2.45) is 0 Å². The van der Waals surface area contributed by atoms with Crippen molar-refractivity contribution >= 4 is 5.82 Å². The summed E-state index contributed by atoms with van der Waals surface area (Å²) in [5.41, 5.74) is 8.32. The average Bonchev–Trinajstić information content (AvgIpc) is 2.61. The van der Waals surface area contributed by atoms with E-state index in [-0.39, 0.29) is 0 Å². The topological polar surface area (TPSA) is 80.5 Å². The highest BCUT2D eigenvalue weighted by Gasteiger charge is 2.11. The molecule has 0 unspecified atom stereocenters. The van der Waals surface area contributed by atoms with E-state index < -0.39 is 0 Å². The van der Waals surface area contributed by atoms with Gasteiger partial charge >= 0.3 is 0 Å². The molecule has 5 nitrogen and oxygen atoms in total. The largest absolute Gasteiger partial charge is 0.382 e. The number of hydrogen-bond acceptors (Lipinski definition) is 4. The summed E-state index contributed by atoms with van der Waals surface area (Å²) in [6.45, 7) is 2.03. The lowest BCUT2D eigenvalue weighted by molar-refractivity contribution is 1.08. The van der Waals surface area contributed by atoms with Crippen LogP contribution in [0.4, 0.5) is 5.82 Å². The first-order valence-electron chi connectivity index (χ1n) is 4.42. The molecule has 0 aliphatic heterocycles. The number of nitrogens with one attached hydrogen (secondary N) is 1. The Morgan fingerprint density at radius 3 is 2.93 bits per heavy atom. The van der Waals surface area contributed by atoms with Gasteiger partial charge in [-0.15, -0.1) is 0 Å². The summed E-state index contributed by atoms with van der Waals surface area (Å²) in [6, 6.07) is 0. The fourth-order valence-corrected chi connectivity index (χ4v) is 1.38. The van der Waals surface area contributed by atoms with Crippen LogP contribution in [0, 0.1) is 0 Å². The van der Waals surface area contributed by atoms with Crippen molar-refractivity contribution in [3.05, 3.63) is 24.2 Å². The van der Waals surface area contributed by atoms with E-state index in [1.54, 1.807) is 18.6 Å². The number of nitrogen functional groups attached to an aromatic ring is 1. The first kappa shape index (κ1) is 8.68. The molecule has 0 saturated heterocycles. The summed E-state index contributed by atoms with van der Waals surface area (Å²) in [6.07, 6.45) is 5.79. The Bertz CT molecular complexity index is 420. The van der Waals surface area contributed by atoms with Crippen molar-refractivity contribution in [2.75, 3.05) is 5.73 Å². The number of hydrogen-bond donors (Lipinski definition) is 2. The minimum Gasteiger partial charge on any atom is -0.382 e. The Balaban J connectivity index is 2.52. The quantitative estimate of drug-likeness (QED) is 0.738. The third kappa shape index (κ3) is 1.32. The van der Waals surface area contributed by atoms with E-state index in [0.29, 0.717) is 5.82 Å². The Morgan fingerprint density at radius 2 is 2.29 bits per heavy atom. The zero-order valence-electron chi connectivity index (χ0n) is 7.86.